The number of aromatic nitrogens is 1. The molecule has 5 nitrogen and oxygen atoms in total. The first kappa shape index (κ1) is 16.9. The van der Waals surface area contributed by atoms with Crippen molar-refractivity contribution in [3.63, 3.8) is 0 Å². The molecule has 1 aromatic heterocycles. The number of nitrogens with one attached hydrogen (secondary N) is 2. The summed E-state index contributed by atoms with van der Waals surface area (Å²) in [5, 5.41) is 10.6. The zero-order valence-electron chi connectivity index (χ0n) is 12.9. The van der Waals surface area contributed by atoms with Crippen LogP contribution in [0.5, 0.6) is 0 Å². The molecule has 1 heterocycles. The van der Waals surface area contributed by atoms with Gasteiger partial charge in [-0.2, -0.15) is 11.8 Å². The maximum Gasteiger partial charge on any atom is 0.191 e. The van der Waals surface area contributed by atoms with Crippen molar-refractivity contribution in [3.8, 4) is 0 Å². The zero-order chi connectivity index (χ0) is 14.8. The molecule has 0 saturated carbocycles. The lowest BCUT2D eigenvalue weighted by molar-refractivity contribution is 0.372. The number of hydrogen-bond donors (Lipinski definition) is 2. The lowest BCUT2D eigenvalue weighted by Gasteiger charge is -2.10. The fourth-order valence-corrected chi connectivity index (χ4v) is 2.15. The SMILES string of the molecule is CN=C(NCCCCSC)NCc1cc(C(C)C)no1. The molecule has 0 saturated heterocycles. The van der Waals surface area contributed by atoms with Crippen molar-refractivity contribution >= 4 is 17.7 Å². The number of aliphatic imine (C=N–C) groups is 1. The van der Waals surface area contributed by atoms with Crippen LogP contribution in [0, 0.1) is 0 Å². The van der Waals surface area contributed by atoms with Crippen molar-refractivity contribution in [1.29, 1.82) is 0 Å². The van der Waals surface area contributed by atoms with Gasteiger partial charge < -0.3 is 15.2 Å². The number of nitrogens with zero attached hydrogens (tertiary/aromatic N) is 2. The Morgan fingerprint density at radius 3 is 2.80 bits per heavy atom. The number of thioether (sulfide) groups is 1. The normalized spacial score (nSPS) is 11.9. The van der Waals surface area contributed by atoms with Crippen LogP contribution in [0.25, 0.3) is 0 Å². The highest BCUT2D eigenvalue weighted by molar-refractivity contribution is 7.98. The van der Waals surface area contributed by atoms with Gasteiger partial charge in [-0.05, 0) is 30.8 Å². The van der Waals surface area contributed by atoms with Crippen molar-refractivity contribution in [2.24, 2.45) is 4.99 Å². The van der Waals surface area contributed by atoms with Crippen molar-refractivity contribution in [3.05, 3.63) is 17.5 Å². The lowest BCUT2D eigenvalue weighted by Crippen LogP contribution is -2.37. The van der Waals surface area contributed by atoms with Crippen LogP contribution < -0.4 is 10.6 Å². The van der Waals surface area contributed by atoms with Gasteiger partial charge in [0.05, 0.1) is 12.2 Å². The largest absolute Gasteiger partial charge is 0.359 e. The van der Waals surface area contributed by atoms with Gasteiger partial charge in [0, 0.05) is 19.7 Å². The van der Waals surface area contributed by atoms with Gasteiger partial charge in [-0.3, -0.25) is 4.99 Å². The Balaban J connectivity index is 2.26. The Kier molecular flexibility index (Phi) is 8.18. The Bertz CT molecular complexity index is 404. The molecule has 6 heteroatoms. The second kappa shape index (κ2) is 9.69. The summed E-state index contributed by atoms with van der Waals surface area (Å²) >= 11 is 1.89. The van der Waals surface area contributed by atoms with Crippen LogP contribution in [0.3, 0.4) is 0 Å². The fraction of sp³-hybridized carbons (Fsp3) is 0.714. The first-order valence-corrected chi connectivity index (χ1v) is 8.45. The summed E-state index contributed by atoms with van der Waals surface area (Å²) in [5.41, 5.74) is 0.988. The second-order valence-electron chi connectivity index (χ2n) is 4.93. The third kappa shape index (κ3) is 6.32. The molecule has 0 unspecified atom stereocenters. The molecule has 0 amide bonds. The van der Waals surface area contributed by atoms with Gasteiger partial charge in [0.1, 0.15) is 0 Å². The van der Waals surface area contributed by atoms with E-state index in [1.807, 2.05) is 17.8 Å². The standard InChI is InChI=1S/C14H26N4OS/c1-11(2)13-9-12(19-18-13)10-17-14(15-3)16-7-5-6-8-20-4/h9,11H,5-8,10H2,1-4H3,(H2,15,16,17). The minimum absolute atomic E-state index is 0.390. The molecule has 0 aliphatic heterocycles. The van der Waals surface area contributed by atoms with E-state index in [0.29, 0.717) is 12.5 Å². The lowest BCUT2D eigenvalue weighted by atomic mass is 10.1. The van der Waals surface area contributed by atoms with E-state index in [-0.39, 0.29) is 0 Å². The molecule has 0 spiro atoms. The molecule has 0 aliphatic rings. The summed E-state index contributed by atoms with van der Waals surface area (Å²) in [5.74, 6) is 3.24. The Morgan fingerprint density at radius 2 is 2.20 bits per heavy atom. The van der Waals surface area contributed by atoms with Crippen LogP contribution in [-0.2, 0) is 6.54 Å². The van der Waals surface area contributed by atoms with Crippen molar-refractivity contribution in [2.75, 3.05) is 25.6 Å². The average molecular weight is 298 g/mol. The molecule has 114 valence electrons. The first-order chi connectivity index (χ1) is 9.67. The van der Waals surface area contributed by atoms with Crippen LogP contribution in [0.1, 0.15) is 44.1 Å². The Labute approximate surface area is 126 Å². The third-order valence-electron chi connectivity index (χ3n) is 2.89. The van der Waals surface area contributed by atoms with E-state index in [1.54, 1.807) is 7.05 Å². The van der Waals surface area contributed by atoms with E-state index in [4.69, 9.17) is 4.52 Å². The van der Waals surface area contributed by atoms with E-state index < -0.39 is 0 Å². The van der Waals surface area contributed by atoms with E-state index >= 15 is 0 Å². The van der Waals surface area contributed by atoms with Gasteiger partial charge in [0.15, 0.2) is 11.7 Å². The van der Waals surface area contributed by atoms with Gasteiger partial charge >= 0.3 is 0 Å². The maximum atomic E-state index is 5.28. The molecule has 0 atom stereocenters. The number of unbranched alkanes of at least 4 members (excludes halogenated alkanes) is 1. The minimum atomic E-state index is 0.390. The van der Waals surface area contributed by atoms with Gasteiger partial charge in [-0.25, -0.2) is 0 Å². The van der Waals surface area contributed by atoms with Crippen molar-refractivity contribution in [1.82, 2.24) is 15.8 Å². The first-order valence-electron chi connectivity index (χ1n) is 7.06. The van der Waals surface area contributed by atoms with Gasteiger partial charge in [-0.15, -0.1) is 0 Å². The molecular weight excluding hydrogens is 272 g/mol. The smallest absolute Gasteiger partial charge is 0.191 e. The summed E-state index contributed by atoms with van der Waals surface area (Å²) in [6.07, 6.45) is 4.52. The highest BCUT2D eigenvalue weighted by atomic mass is 32.2. The molecular formula is C14H26N4OS. The quantitative estimate of drug-likeness (QED) is 0.439. The fourth-order valence-electron chi connectivity index (χ4n) is 1.65. The van der Waals surface area contributed by atoms with Crippen LogP contribution in [-0.4, -0.2) is 36.7 Å². The van der Waals surface area contributed by atoms with Crippen molar-refractivity contribution < 1.29 is 4.52 Å². The summed E-state index contributed by atoms with van der Waals surface area (Å²) in [7, 11) is 1.77. The minimum Gasteiger partial charge on any atom is -0.359 e. The number of hydrogen-bond acceptors (Lipinski definition) is 4. The van der Waals surface area contributed by atoms with Crippen LogP contribution in [0.2, 0.25) is 0 Å². The number of guanidine groups is 1. The Hall–Kier alpha value is -1.17. The summed E-state index contributed by atoms with van der Waals surface area (Å²) in [6, 6.07) is 1.99. The molecule has 0 bridgehead atoms. The van der Waals surface area contributed by atoms with Crippen molar-refractivity contribution in [2.45, 2.75) is 39.2 Å². The van der Waals surface area contributed by atoms with Crippen LogP contribution in [0.15, 0.2) is 15.6 Å². The van der Waals surface area contributed by atoms with Crippen LogP contribution in [0.4, 0.5) is 0 Å². The molecule has 0 radical (unpaired) electrons. The highest BCUT2D eigenvalue weighted by Gasteiger charge is 2.07. The van der Waals surface area contributed by atoms with E-state index in [0.717, 1.165) is 30.4 Å². The average Bonchev–Trinajstić information content (AvgIpc) is 2.91. The van der Waals surface area contributed by atoms with Gasteiger partial charge in [0.25, 0.3) is 0 Å². The van der Waals surface area contributed by atoms with E-state index in [1.165, 1.54) is 12.2 Å². The topological polar surface area (TPSA) is 62.5 Å². The summed E-state index contributed by atoms with van der Waals surface area (Å²) < 4.78 is 5.28. The molecule has 0 aliphatic carbocycles. The van der Waals surface area contributed by atoms with Gasteiger partial charge in [0.2, 0.25) is 0 Å². The highest BCUT2D eigenvalue weighted by Crippen LogP contribution is 2.13. The van der Waals surface area contributed by atoms with Crippen LogP contribution >= 0.6 is 11.8 Å². The number of rotatable bonds is 8. The molecule has 2 N–H and O–H groups in total. The maximum absolute atomic E-state index is 5.28. The summed E-state index contributed by atoms with van der Waals surface area (Å²) in [6.45, 7) is 5.74. The molecule has 1 rings (SSSR count). The molecule has 1 aromatic rings. The molecule has 0 fully saturated rings. The molecule has 0 aromatic carbocycles. The predicted octanol–water partition coefficient (Wildman–Crippen LogP) is 2.61. The second-order valence-corrected chi connectivity index (χ2v) is 5.91. The van der Waals surface area contributed by atoms with E-state index in [9.17, 15) is 0 Å². The monoisotopic (exact) mass is 298 g/mol. The Morgan fingerprint density at radius 1 is 1.40 bits per heavy atom. The third-order valence-corrected chi connectivity index (χ3v) is 3.59. The van der Waals surface area contributed by atoms with Gasteiger partial charge in [-0.1, -0.05) is 19.0 Å². The van der Waals surface area contributed by atoms with E-state index in [2.05, 4.69) is 40.9 Å². The summed E-state index contributed by atoms with van der Waals surface area (Å²) in [4.78, 5) is 4.19. The predicted molar refractivity (Wildman–Crippen MR) is 86.4 cm³/mol. The molecule has 20 heavy (non-hydrogen) atoms. The zero-order valence-corrected chi connectivity index (χ0v) is 13.7.